The second kappa shape index (κ2) is 62.9. The summed E-state index contributed by atoms with van der Waals surface area (Å²) in [6, 6.07) is -0.545. The third-order valence-electron chi connectivity index (χ3n) is 15.5. The first-order chi connectivity index (χ1) is 36.0. The summed E-state index contributed by atoms with van der Waals surface area (Å²) < 4.78 is 5.48. The van der Waals surface area contributed by atoms with E-state index in [1.165, 1.54) is 289 Å². The van der Waals surface area contributed by atoms with Crippen LogP contribution in [-0.4, -0.2) is 47.4 Å². The SMILES string of the molecule is CCCCCCC/C=C\CCCCCCCC(=O)OCCCCCCCCCCCCCC/C=C\CCCCCCCCCCC(=O)NC(CO)C(O)CCCCCCCCCCCCCCCCCCCC. The number of ether oxygens (including phenoxy) is 1. The molecule has 0 bridgehead atoms. The molecule has 0 rings (SSSR count). The molecule has 2 atom stereocenters. The van der Waals surface area contributed by atoms with Gasteiger partial charge in [0.05, 0.1) is 25.4 Å². The molecule has 3 N–H and O–H groups in total. The van der Waals surface area contributed by atoms with Crippen LogP contribution in [0.2, 0.25) is 0 Å². The Morgan fingerprint density at radius 3 is 0.973 bits per heavy atom. The van der Waals surface area contributed by atoms with Crippen molar-refractivity contribution >= 4 is 11.9 Å². The summed E-state index contributed by atoms with van der Waals surface area (Å²) in [6.45, 7) is 4.97. The summed E-state index contributed by atoms with van der Waals surface area (Å²) in [5.74, 6) is -0.0318. The lowest BCUT2D eigenvalue weighted by molar-refractivity contribution is -0.143. The Labute approximate surface area is 456 Å². The summed E-state index contributed by atoms with van der Waals surface area (Å²) in [7, 11) is 0. The number of unbranched alkanes of at least 4 members (excludes halogenated alkanes) is 47. The number of esters is 1. The Hall–Kier alpha value is -1.66. The molecule has 0 aliphatic heterocycles. The van der Waals surface area contributed by atoms with Crippen molar-refractivity contribution < 1.29 is 24.5 Å². The Morgan fingerprint density at radius 1 is 0.370 bits per heavy atom. The van der Waals surface area contributed by atoms with Gasteiger partial charge in [-0.3, -0.25) is 9.59 Å². The van der Waals surface area contributed by atoms with Gasteiger partial charge in [0.15, 0.2) is 0 Å². The van der Waals surface area contributed by atoms with Gasteiger partial charge < -0.3 is 20.3 Å². The summed E-state index contributed by atoms with van der Waals surface area (Å²) in [5.41, 5.74) is 0. The zero-order valence-electron chi connectivity index (χ0n) is 49.4. The van der Waals surface area contributed by atoms with Crippen LogP contribution in [0.4, 0.5) is 0 Å². The molecule has 6 heteroatoms. The van der Waals surface area contributed by atoms with Crippen molar-refractivity contribution in [3.63, 3.8) is 0 Å². The van der Waals surface area contributed by atoms with Gasteiger partial charge in [0.2, 0.25) is 5.91 Å². The topological polar surface area (TPSA) is 95.9 Å². The number of hydrogen-bond acceptors (Lipinski definition) is 5. The maximum absolute atomic E-state index is 12.5. The molecule has 432 valence electrons. The first-order valence-electron chi connectivity index (χ1n) is 33.1. The summed E-state index contributed by atoms with van der Waals surface area (Å²) in [6.07, 6.45) is 77.7. The first kappa shape index (κ1) is 71.3. The Morgan fingerprint density at radius 2 is 0.644 bits per heavy atom. The van der Waals surface area contributed by atoms with E-state index in [-0.39, 0.29) is 18.5 Å². The largest absolute Gasteiger partial charge is 0.466 e. The summed E-state index contributed by atoms with van der Waals surface area (Å²) in [5, 5.41) is 23.4. The fourth-order valence-electron chi connectivity index (χ4n) is 10.4. The molecule has 0 fully saturated rings. The maximum atomic E-state index is 12.5. The molecule has 0 aromatic carbocycles. The van der Waals surface area contributed by atoms with Crippen LogP contribution in [0.3, 0.4) is 0 Å². The highest BCUT2D eigenvalue weighted by atomic mass is 16.5. The third kappa shape index (κ3) is 59.4. The number of aliphatic hydroxyl groups is 2. The molecule has 2 unspecified atom stereocenters. The molecule has 6 nitrogen and oxygen atoms in total. The summed E-state index contributed by atoms with van der Waals surface area (Å²) in [4.78, 5) is 24.6. The van der Waals surface area contributed by atoms with Crippen LogP contribution in [0, 0.1) is 0 Å². The van der Waals surface area contributed by atoms with Gasteiger partial charge in [0, 0.05) is 12.8 Å². The number of allylic oxidation sites excluding steroid dienone is 4. The van der Waals surface area contributed by atoms with Crippen LogP contribution in [-0.2, 0) is 14.3 Å². The standard InChI is InChI=1S/C67H129NO5/c1-3-5-7-9-11-13-15-17-19-20-29-32-35-39-43-47-51-55-59-65(70)64(63-69)68-66(71)60-56-52-48-44-40-36-33-30-27-25-23-21-22-24-26-28-31-34-38-42-46-50-54-58-62-73-67(72)61-57-53-49-45-41-37-18-16-14-12-10-8-6-4-2/h16,18,23,25,64-65,69-70H,3-15,17,19-22,24,26-63H2,1-2H3,(H,68,71)/b18-16-,25-23-. The number of carbonyl (C=O) groups is 2. The number of aliphatic hydroxyl groups excluding tert-OH is 2. The summed E-state index contributed by atoms with van der Waals surface area (Å²) >= 11 is 0. The molecular weight excluding hydrogens is 899 g/mol. The third-order valence-corrected chi connectivity index (χ3v) is 15.5. The quantitative estimate of drug-likeness (QED) is 0.0320. The molecule has 0 radical (unpaired) electrons. The Kier molecular flexibility index (Phi) is 61.4. The second-order valence-corrected chi connectivity index (χ2v) is 22.8. The van der Waals surface area contributed by atoms with Crippen LogP contribution < -0.4 is 5.32 Å². The number of carbonyl (C=O) groups excluding carboxylic acids is 2. The lowest BCUT2D eigenvalue weighted by Crippen LogP contribution is -2.45. The van der Waals surface area contributed by atoms with Gasteiger partial charge in [-0.05, 0) is 77.0 Å². The Bertz CT molecular complexity index is 1140. The van der Waals surface area contributed by atoms with E-state index in [2.05, 4.69) is 43.5 Å². The zero-order chi connectivity index (χ0) is 52.9. The van der Waals surface area contributed by atoms with Gasteiger partial charge >= 0.3 is 5.97 Å². The molecule has 0 aliphatic rings. The lowest BCUT2D eigenvalue weighted by atomic mass is 10.0. The molecule has 0 saturated heterocycles. The average Bonchev–Trinajstić information content (AvgIpc) is 3.39. The van der Waals surface area contributed by atoms with E-state index in [1.807, 2.05) is 0 Å². The second-order valence-electron chi connectivity index (χ2n) is 22.8. The molecule has 0 spiro atoms. The van der Waals surface area contributed by atoms with E-state index in [1.54, 1.807) is 0 Å². The van der Waals surface area contributed by atoms with Crippen molar-refractivity contribution in [2.45, 2.75) is 379 Å². The molecule has 0 aliphatic carbocycles. The van der Waals surface area contributed by atoms with Crippen LogP contribution >= 0.6 is 0 Å². The van der Waals surface area contributed by atoms with Crippen LogP contribution in [0.1, 0.15) is 367 Å². The van der Waals surface area contributed by atoms with Crippen molar-refractivity contribution in [3.8, 4) is 0 Å². The predicted molar refractivity (Wildman–Crippen MR) is 320 cm³/mol. The van der Waals surface area contributed by atoms with Crippen molar-refractivity contribution in [2.75, 3.05) is 13.2 Å². The van der Waals surface area contributed by atoms with Crippen molar-refractivity contribution in [3.05, 3.63) is 24.3 Å². The van der Waals surface area contributed by atoms with E-state index < -0.39 is 12.1 Å². The number of amides is 1. The highest BCUT2D eigenvalue weighted by Gasteiger charge is 2.20. The fourth-order valence-corrected chi connectivity index (χ4v) is 10.4. The molecule has 73 heavy (non-hydrogen) atoms. The van der Waals surface area contributed by atoms with E-state index in [4.69, 9.17) is 4.74 Å². The maximum Gasteiger partial charge on any atom is 0.305 e. The average molecular weight is 1030 g/mol. The minimum atomic E-state index is -0.667. The molecular formula is C67H129NO5. The zero-order valence-corrected chi connectivity index (χ0v) is 49.4. The minimum Gasteiger partial charge on any atom is -0.466 e. The highest BCUT2D eigenvalue weighted by molar-refractivity contribution is 5.76. The predicted octanol–water partition coefficient (Wildman–Crippen LogP) is 21.0. The van der Waals surface area contributed by atoms with Crippen molar-refractivity contribution in [1.82, 2.24) is 5.32 Å². The first-order valence-corrected chi connectivity index (χ1v) is 33.1. The number of nitrogens with one attached hydrogen (secondary N) is 1. The van der Waals surface area contributed by atoms with Gasteiger partial charge in [-0.1, -0.05) is 301 Å². The van der Waals surface area contributed by atoms with Gasteiger partial charge in [-0.15, -0.1) is 0 Å². The minimum absolute atomic E-state index is 0.00456. The van der Waals surface area contributed by atoms with Crippen molar-refractivity contribution in [2.24, 2.45) is 0 Å². The van der Waals surface area contributed by atoms with E-state index in [0.717, 1.165) is 44.9 Å². The monoisotopic (exact) mass is 1030 g/mol. The molecule has 0 aromatic rings. The lowest BCUT2D eigenvalue weighted by Gasteiger charge is -2.22. The van der Waals surface area contributed by atoms with E-state index >= 15 is 0 Å². The van der Waals surface area contributed by atoms with Gasteiger partial charge in [0.25, 0.3) is 0 Å². The highest BCUT2D eigenvalue weighted by Crippen LogP contribution is 2.18. The van der Waals surface area contributed by atoms with E-state index in [9.17, 15) is 19.8 Å². The van der Waals surface area contributed by atoms with Gasteiger partial charge in [-0.2, -0.15) is 0 Å². The van der Waals surface area contributed by atoms with Crippen LogP contribution in [0.25, 0.3) is 0 Å². The molecule has 0 heterocycles. The molecule has 0 aromatic heterocycles. The van der Waals surface area contributed by atoms with Gasteiger partial charge in [0.1, 0.15) is 0 Å². The normalized spacial score (nSPS) is 12.7. The smallest absolute Gasteiger partial charge is 0.305 e. The number of hydrogen-bond donors (Lipinski definition) is 3. The Balaban J connectivity index is 3.40. The fraction of sp³-hybridized carbons (Fsp3) is 0.910. The van der Waals surface area contributed by atoms with Crippen LogP contribution in [0.15, 0.2) is 24.3 Å². The van der Waals surface area contributed by atoms with E-state index in [0.29, 0.717) is 25.9 Å². The van der Waals surface area contributed by atoms with Crippen molar-refractivity contribution in [1.29, 1.82) is 0 Å². The number of rotatable bonds is 62. The van der Waals surface area contributed by atoms with Gasteiger partial charge in [-0.25, -0.2) is 0 Å². The molecule has 1 amide bonds. The van der Waals surface area contributed by atoms with Crippen LogP contribution in [0.5, 0.6) is 0 Å². The molecule has 0 saturated carbocycles.